The van der Waals surface area contributed by atoms with E-state index in [0.717, 1.165) is 12.8 Å². The fourth-order valence-electron chi connectivity index (χ4n) is 1.58. The molecule has 0 aromatic heterocycles. The molecule has 0 heterocycles. The first-order chi connectivity index (χ1) is 9.28. The first kappa shape index (κ1) is 24.2. The average molecular weight is 447 g/mol. The van der Waals surface area contributed by atoms with Gasteiger partial charge in [0.05, 0.1) is 4.75 Å². The normalized spacial score (nSPS) is 15.0. The first-order valence-electron chi connectivity index (χ1n) is 7.45. The van der Waals surface area contributed by atoms with Crippen LogP contribution in [0, 0.1) is 5.41 Å². The zero-order valence-electron chi connectivity index (χ0n) is 15.3. The second-order valence-electron chi connectivity index (χ2n) is 7.60. The van der Waals surface area contributed by atoms with Crippen LogP contribution in [-0.4, -0.2) is 45.0 Å². The summed E-state index contributed by atoms with van der Waals surface area (Å²) < 4.78 is 22.6. The summed E-state index contributed by atoms with van der Waals surface area (Å²) in [5, 5.41) is 6.41. The van der Waals surface area contributed by atoms with E-state index < -0.39 is 14.6 Å². The molecule has 0 aliphatic carbocycles. The predicted molar refractivity (Wildman–Crippen MR) is 107 cm³/mol. The molecule has 0 aromatic carbocycles. The number of hydrogen-bond acceptors (Lipinski definition) is 3. The van der Waals surface area contributed by atoms with Gasteiger partial charge in [0.25, 0.3) is 0 Å². The molecule has 0 aromatic rings. The maximum absolute atomic E-state index is 11.7. The minimum atomic E-state index is -3.11. The SMILES string of the molecule is CN=C(NCC(C)(C)S(C)(=O)=O)NC(C)CCC(C)(C)C.I. The van der Waals surface area contributed by atoms with Crippen molar-refractivity contribution >= 4 is 39.8 Å². The van der Waals surface area contributed by atoms with Crippen molar-refractivity contribution in [3.05, 3.63) is 0 Å². The molecule has 1 unspecified atom stereocenters. The van der Waals surface area contributed by atoms with Crippen LogP contribution in [0.2, 0.25) is 0 Å². The summed E-state index contributed by atoms with van der Waals surface area (Å²) >= 11 is 0. The van der Waals surface area contributed by atoms with E-state index in [0.29, 0.717) is 17.9 Å². The van der Waals surface area contributed by atoms with Crippen LogP contribution < -0.4 is 10.6 Å². The third-order valence-electron chi connectivity index (χ3n) is 3.62. The third kappa shape index (κ3) is 9.86. The Hall–Kier alpha value is -0.0500. The molecule has 0 spiro atoms. The van der Waals surface area contributed by atoms with Crippen LogP contribution >= 0.6 is 24.0 Å². The van der Waals surface area contributed by atoms with Crippen LogP contribution in [-0.2, 0) is 9.84 Å². The van der Waals surface area contributed by atoms with Gasteiger partial charge in [-0.05, 0) is 39.0 Å². The highest BCUT2D eigenvalue weighted by Gasteiger charge is 2.30. The number of sulfone groups is 1. The first-order valence-corrected chi connectivity index (χ1v) is 9.34. The molecule has 0 amide bonds. The monoisotopic (exact) mass is 447 g/mol. The second-order valence-corrected chi connectivity index (χ2v) is 10.3. The Morgan fingerprint density at radius 2 is 1.68 bits per heavy atom. The molecular weight excluding hydrogens is 413 g/mol. The third-order valence-corrected chi connectivity index (χ3v) is 5.77. The molecule has 2 N–H and O–H groups in total. The van der Waals surface area contributed by atoms with Crippen molar-refractivity contribution in [2.24, 2.45) is 10.4 Å². The number of nitrogens with one attached hydrogen (secondary N) is 2. The highest BCUT2D eigenvalue weighted by atomic mass is 127. The molecule has 0 saturated carbocycles. The minimum Gasteiger partial charge on any atom is -0.355 e. The Balaban J connectivity index is 0. The van der Waals surface area contributed by atoms with Crippen LogP contribution in [0.25, 0.3) is 0 Å². The molecule has 0 saturated heterocycles. The summed E-state index contributed by atoms with van der Waals surface area (Å²) in [5.74, 6) is 0.646. The van der Waals surface area contributed by atoms with E-state index in [1.54, 1.807) is 20.9 Å². The molecule has 134 valence electrons. The fraction of sp³-hybridized carbons (Fsp3) is 0.933. The van der Waals surface area contributed by atoms with Crippen LogP contribution in [0.1, 0.15) is 54.4 Å². The van der Waals surface area contributed by atoms with E-state index in [4.69, 9.17) is 0 Å². The molecule has 22 heavy (non-hydrogen) atoms. The van der Waals surface area contributed by atoms with Crippen molar-refractivity contribution < 1.29 is 8.42 Å². The number of halogens is 1. The summed E-state index contributed by atoms with van der Waals surface area (Å²) in [7, 11) is -1.42. The maximum atomic E-state index is 11.7. The smallest absolute Gasteiger partial charge is 0.191 e. The van der Waals surface area contributed by atoms with E-state index >= 15 is 0 Å². The summed E-state index contributed by atoms with van der Waals surface area (Å²) in [6.07, 6.45) is 3.42. The standard InChI is InChI=1S/C15H33N3O2S.HI/c1-12(9-10-14(2,3)4)18-13(16-7)17-11-15(5,6)21(8,19)20;/h12H,9-11H2,1-8H3,(H2,16,17,18);1H. The zero-order chi connectivity index (χ0) is 16.9. The largest absolute Gasteiger partial charge is 0.355 e. The van der Waals surface area contributed by atoms with Gasteiger partial charge in [0.15, 0.2) is 15.8 Å². The molecule has 0 aliphatic rings. The van der Waals surface area contributed by atoms with Crippen molar-refractivity contribution in [1.29, 1.82) is 0 Å². The lowest BCUT2D eigenvalue weighted by Gasteiger charge is -2.26. The maximum Gasteiger partial charge on any atom is 0.191 e. The Morgan fingerprint density at radius 1 is 1.18 bits per heavy atom. The fourth-order valence-corrected chi connectivity index (χ4v) is 1.91. The minimum absolute atomic E-state index is 0. The van der Waals surface area contributed by atoms with Gasteiger partial charge in [-0.15, -0.1) is 24.0 Å². The Kier molecular flexibility index (Phi) is 10.2. The van der Waals surface area contributed by atoms with Crippen LogP contribution in [0.3, 0.4) is 0 Å². The lowest BCUT2D eigenvalue weighted by molar-refractivity contribution is 0.346. The predicted octanol–water partition coefficient (Wildman–Crippen LogP) is 2.81. The molecule has 0 aliphatic heterocycles. The van der Waals surface area contributed by atoms with Crippen molar-refractivity contribution in [3.63, 3.8) is 0 Å². The number of aliphatic imine (C=N–C) groups is 1. The Bertz CT molecular complexity index is 454. The zero-order valence-corrected chi connectivity index (χ0v) is 18.4. The summed E-state index contributed by atoms with van der Waals surface area (Å²) in [4.78, 5) is 4.16. The number of rotatable bonds is 6. The van der Waals surface area contributed by atoms with E-state index in [1.807, 2.05) is 0 Å². The van der Waals surface area contributed by atoms with Crippen LogP contribution in [0.4, 0.5) is 0 Å². The van der Waals surface area contributed by atoms with Crippen molar-refractivity contribution in [2.45, 2.75) is 65.2 Å². The van der Waals surface area contributed by atoms with Gasteiger partial charge in [-0.1, -0.05) is 20.8 Å². The topological polar surface area (TPSA) is 70.6 Å². The van der Waals surface area contributed by atoms with Gasteiger partial charge < -0.3 is 10.6 Å². The average Bonchev–Trinajstić information content (AvgIpc) is 2.29. The van der Waals surface area contributed by atoms with Gasteiger partial charge in [0.1, 0.15) is 0 Å². The van der Waals surface area contributed by atoms with Crippen molar-refractivity contribution in [2.75, 3.05) is 19.8 Å². The molecule has 0 rings (SSSR count). The lowest BCUT2D eigenvalue weighted by atomic mass is 9.89. The van der Waals surface area contributed by atoms with Gasteiger partial charge in [-0.25, -0.2) is 8.42 Å². The highest BCUT2D eigenvalue weighted by Crippen LogP contribution is 2.21. The highest BCUT2D eigenvalue weighted by molar-refractivity contribution is 14.0. The van der Waals surface area contributed by atoms with E-state index in [9.17, 15) is 8.42 Å². The molecule has 5 nitrogen and oxygen atoms in total. The van der Waals surface area contributed by atoms with Gasteiger partial charge in [-0.3, -0.25) is 4.99 Å². The van der Waals surface area contributed by atoms with Crippen molar-refractivity contribution in [1.82, 2.24) is 10.6 Å². The number of guanidine groups is 1. The van der Waals surface area contributed by atoms with Gasteiger partial charge in [0, 0.05) is 25.9 Å². The second kappa shape index (κ2) is 9.30. The van der Waals surface area contributed by atoms with Crippen molar-refractivity contribution in [3.8, 4) is 0 Å². The summed E-state index contributed by atoms with van der Waals surface area (Å²) in [6, 6.07) is 0.289. The molecule has 0 bridgehead atoms. The lowest BCUT2D eigenvalue weighted by Crippen LogP contribution is -2.49. The van der Waals surface area contributed by atoms with Crippen LogP contribution in [0.15, 0.2) is 4.99 Å². The number of hydrogen-bond donors (Lipinski definition) is 2. The molecule has 0 fully saturated rings. The molecule has 0 radical (unpaired) electrons. The van der Waals surface area contributed by atoms with E-state index in [-0.39, 0.29) is 30.0 Å². The van der Waals surface area contributed by atoms with Gasteiger partial charge in [-0.2, -0.15) is 0 Å². The summed E-state index contributed by atoms with van der Waals surface area (Å²) in [5.41, 5.74) is 0.311. The van der Waals surface area contributed by atoms with Gasteiger partial charge in [0.2, 0.25) is 0 Å². The van der Waals surface area contributed by atoms with Gasteiger partial charge >= 0.3 is 0 Å². The van der Waals surface area contributed by atoms with Crippen LogP contribution in [0.5, 0.6) is 0 Å². The summed E-state index contributed by atoms with van der Waals surface area (Å²) in [6.45, 7) is 12.5. The Labute approximate surface area is 154 Å². The number of nitrogens with zero attached hydrogens (tertiary/aromatic N) is 1. The molecule has 1 atom stereocenters. The quantitative estimate of drug-likeness (QED) is 0.373. The van der Waals surface area contributed by atoms with E-state index in [2.05, 4.69) is 43.3 Å². The van der Waals surface area contributed by atoms with E-state index in [1.165, 1.54) is 6.26 Å². The Morgan fingerprint density at radius 3 is 2.05 bits per heavy atom. The molecule has 7 heteroatoms. The molecular formula is C15H34IN3O2S.